The first-order valence-electron chi connectivity index (χ1n) is 8.38. The van der Waals surface area contributed by atoms with Gasteiger partial charge in [-0.25, -0.2) is 4.79 Å². The van der Waals surface area contributed by atoms with Crippen LogP contribution in [0, 0.1) is 0 Å². The molecular weight excluding hydrogens is 318 g/mol. The molecule has 0 aromatic heterocycles. The maximum Gasteiger partial charge on any atom is 0.338 e. The van der Waals surface area contributed by atoms with Crippen LogP contribution in [0.3, 0.4) is 0 Å². The minimum Gasteiger partial charge on any atom is -0.497 e. The first-order valence-corrected chi connectivity index (χ1v) is 8.38. The van der Waals surface area contributed by atoms with Gasteiger partial charge in [-0.1, -0.05) is 12.1 Å². The fourth-order valence-corrected chi connectivity index (χ4v) is 2.97. The second-order valence-corrected chi connectivity index (χ2v) is 6.05. The SMILES string of the molecule is COc1cccc(NC(=O)COC(=O)c2ccc3c(c2)CCCC3)c1. The topological polar surface area (TPSA) is 64.6 Å². The lowest BCUT2D eigenvalue weighted by molar-refractivity contribution is -0.119. The summed E-state index contributed by atoms with van der Waals surface area (Å²) in [5.74, 6) is -0.224. The number of amides is 1. The summed E-state index contributed by atoms with van der Waals surface area (Å²) in [6.45, 7) is -0.326. The van der Waals surface area contributed by atoms with E-state index in [-0.39, 0.29) is 12.5 Å². The van der Waals surface area contributed by atoms with E-state index in [4.69, 9.17) is 9.47 Å². The second-order valence-electron chi connectivity index (χ2n) is 6.05. The first kappa shape index (κ1) is 17.0. The lowest BCUT2D eigenvalue weighted by Gasteiger charge is -2.16. The molecule has 3 rings (SSSR count). The van der Waals surface area contributed by atoms with Crippen LogP contribution in [-0.2, 0) is 22.4 Å². The number of hydrogen-bond donors (Lipinski definition) is 1. The highest BCUT2D eigenvalue weighted by molar-refractivity contribution is 5.95. The number of hydrogen-bond acceptors (Lipinski definition) is 4. The molecule has 0 aliphatic heterocycles. The van der Waals surface area contributed by atoms with Crippen LogP contribution in [-0.4, -0.2) is 25.6 Å². The van der Waals surface area contributed by atoms with E-state index >= 15 is 0 Å². The molecule has 0 radical (unpaired) electrons. The van der Waals surface area contributed by atoms with Crippen LogP contribution in [0.2, 0.25) is 0 Å². The van der Waals surface area contributed by atoms with Crippen LogP contribution >= 0.6 is 0 Å². The Morgan fingerprint density at radius 3 is 2.64 bits per heavy atom. The molecule has 1 N–H and O–H groups in total. The molecule has 1 aliphatic rings. The molecule has 0 bridgehead atoms. The zero-order valence-corrected chi connectivity index (χ0v) is 14.2. The number of nitrogens with one attached hydrogen (secondary N) is 1. The molecule has 5 nitrogen and oxygen atoms in total. The normalized spacial score (nSPS) is 12.8. The van der Waals surface area contributed by atoms with E-state index in [1.165, 1.54) is 17.5 Å². The number of rotatable bonds is 5. The quantitative estimate of drug-likeness (QED) is 0.848. The molecule has 2 aromatic carbocycles. The summed E-state index contributed by atoms with van der Waals surface area (Å²) >= 11 is 0. The highest BCUT2D eigenvalue weighted by Crippen LogP contribution is 2.22. The van der Waals surface area contributed by atoms with Gasteiger partial charge >= 0.3 is 5.97 Å². The Bertz CT molecular complexity index is 785. The Balaban J connectivity index is 1.55. The monoisotopic (exact) mass is 339 g/mol. The van der Waals surface area contributed by atoms with Crippen molar-refractivity contribution in [2.75, 3.05) is 19.0 Å². The van der Waals surface area contributed by atoms with Crippen molar-refractivity contribution in [3.8, 4) is 5.75 Å². The number of methoxy groups -OCH3 is 1. The van der Waals surface area contributed by atoms with Crippen LogP contribution < -0.4 is 10.1 Å². The summed E-state index contributed by atoms with van der Waals surface area (Å²) in [6.07, 6.45) is 4.40. The number of fused-ring (bicyclic) bond motifs is 1. The van der Waals surface area contributed by atoms with Crippen molar-refractivity contribution in [3.63, 3.8) is 0 Å². The van der Waals surface area contributed by atoms with E-state index < -0.39 is 5.97 Å². The van der Waals surface area contributed by atoms with E-state index in [1.807, 2.05) is 12.1 Å². The van der Waals surface area contributed by atoms with Gasteiger partial charge in [-0.05, 0) is 61.1 Å². The molecule has 0 heterocycles. The minimum absolute atomic E-state index is 0.326. The molecule has 0 atom stereocenters. The van der Waals surface area contributed by atoms with Crippen LogP contribution in [0.15, 0.2) is 42.5 Å². The van der Waals surface area contributed by atoms with E-state index in [2.05, 4.69) is 5.32 Å². The molecule has 1 amide bonds. The molecule has 0 unspecified atom stereocenters. The molecular formula is C20H21NO4. The van der Waals surface area contributed by atoms with E-state index in [0.717, 1.165) is 19.3 Å². The molecule has 0 saturated carbocycles. The van der Waals surface area contributed by atoms with Gasteiger partial charge in [0.2, 0.25) is 0 Å². The van der Waals surface area contributed by atoms with Crippen molar-refractivity contribution in [3.05, 3.63) is 59.2 Å². The Morgan fingerprint density at radius 1 is 1.04 bits per heavy atom. The van der Waals surface area contributed by atoms with Crippen molar-refractivity contribution >= 4 is 17.6 Å². The lowest BCUT2D eigenvalue weighted by Crippen LogP contribution is -2.21. The second kappa shape index (κ2) is 7.83. The van der Waals surface area contributed by atoms with Crippen LogP contribution in [0.4, 0.5) is 5.69 Å². The highest BCUT2D eigenvalue weighted by Gasteiger charge is 2.15. The van der Waals surface area contributed by atoms with Crippen LogP contribution in [0.5, 0.6) is 5.75 Å². The van der Waals surface area contributed by atoms with Crippen LogP contribution in [0.25, 0.3) is 0 Å². The van der Waals surface area contributed by atoms with Gasteiger partial charge < -0.3 is 14.8 Å². The van der Waals surface area contributed by atoms with Gasteiger partial charge in [-0.3, -0.25) is 4.79 Å². The fourth-order valence-electron chi connectivity index (χ4n) is 2.97. The lowest BCUT2D eigenvalue weighted by atomic mass is 9.90. The Hall–Kier alpha value is -2.82. The largest absolute Gasteiger partial charge is 0.497 e. The van der Waals surface area contributed by atoms with Gasteiger partial charge in [-0.15, -0.1) is 0 Å². The molecule has 2 aromatic rings. The number of carbonyl (C=O) groups excluding carboxylic acids is 2. The molecule has 1 aliphatic carbocycles. The summed E-state index contributed by atoms with van der Waals surface area (Å²) in [6, 6.07) is 12.6. The fraction of sp³-hybridized carbons (Fsp3) is 0.300. The van der Waals surface area contributed by atoms with Crippen molar-refractivity contribution in [2.45, 2.75) is 25.7 Å². The van der Waals surface area contributed by atoms with Gasteiger partial charge in [-0.2, -0.15) is 0 Å². The summed E-state index contributed by atoms with van der Waals surface area (Å²) in [5, 5.41) is 2.68. The number of esters is 1. The van der Waals surface area contributed by atoms with Crippen molar-refractivity contribution in [2.24, 2.45) is 0 Å². The Labute approximate surface area is 147 Å². The van der Waals surface area contributed by atoms with Crippen molar-refractivity contribution in [1.82, 2.24) is 0 Å². The predicted octanol–water partition coefficient (Wildman–Crippen LogP) is 3.37. The summed E-state index contributed by atoms with van der Waals surface area (Å²) in [5.41, 5.74) is 3.60. The Morgan fingerprint density at radius 2 is 1.84 bits per heavy atom. The van der Waals surface area contributed by atoms with Gasteiger partial charge in [0.25, 0.3) is 5.91 Å². The number of anilines is 1. The minimum atomic E-state index is -0.478. The van der Waals surface area contributed by atoms with Gasteiger partial charge in [0.05, 0.1) is 12.7 Å². The molecule has 0 spiro atoms. The third kappa shape index (κ3) is 4.38. The molecule has 130 valence electrons. The average molecular weight is 339 g/mol. The van der Waals surface area contributed by atoms with Crippen molar-refractivity contribution < 1.29 is 19.1 Å². The third-order valence-electron chi connectivity index (χ3n) is 4.27. The Kier molecular flexibility index (Phi) is 5.33. The van der Waals surface area contributed by atoms with E-state index in [0.29, 0.717) is 17.0 Å². The molecule has 0 fully saturated rings. The molecule has 5 heteroatoms. The zero-order valence-electron chi connectivity index (χ0n) is 14.2. The number of benzene rings is 2. The predicted molar refractivity (Wildman–Crippen MR) is 95.0 cm³/mol. The highest BCUT2D eigenvalue weighted by atomic mass is 16.5. The molecule has 25 heavy (non-hydrogen) atoms. The summed E-state index contributed by atoms with van der Waals surface area (Å²) < 4.78 is 10.2. The number of ether oxygens (including phenoxy) is 2. The van der Waals surface area contributed by atoms with Gasteiger partial charge in [0.1, 0.15) is 5.75 Å². The van der Waals surface area contributed by atoms with E-state index in [1.54, 1.807) is 37.4 Å². The number of carbonyl (C=O) groups is 2. The average Bonchev–Trinajstić information content (AvgIpc) is 2.65. The van der Waals surface area contributed by atoms with Gasteiger partial charge in [0, 0.05) is 11.8 Å². The van der Waals surface area contributed by atoms with Gasteiger partial charge in [0.15, 0.2) is 6.61 Å². The summed E-state index contributed by atoms with van der Waals surface area (Å²) in [4.78, 5) is 24.1. The standard InChI is InChI=1S/C20H21NO4/c1-24-18-8-4-7-17(12-18)21-19(22)13-25-20(23)16-10-9-14-5-2-3-6-15(14)11-16/h4,7-12H,2-3,5-6,13H2,1H3,(H,21,22). The van der Waals surface area contributed by atoms with E-state index in [9.17, 15) is 9.59 Å². The maximum absolute atomic E-state index is 12.2. The smallest absolute Gasteiger partial charge is 0.338 e. The molecule has 0 saturated heterocycles. The maximum atomic E-state index is 12.2. The first-order chi connectivity index (χ1) is 12.2. The summed E-state index contributed by atoms with van der Waals surface area (Å²) in [7, 11) is 1.56. The zero-order chi connectivity index (χ0) is 17.6. The number of aryl methyl sites for hydroxylation is 2. The van der Waals surface area contributed by atoms with Crippen molar-refractivity contribution in [1.29, 1.82) is 0 Å². The van der Waals surface area contributed by atoms with Crippen LogP contribution in [0.1, 0.15) is 34.3 Å². The third-order valence-corrected chi connectivity index (χ3v) is 4.27.